The van der Waals surface area contributed by atoms with Crippen LogP contribution in [0.3, 0.4) is 0 Å². The Kier molecular flexibility index (Phi) is 7.11. The Hall–Kier alpha value is -2.15. The number of hydrogen-bond acceptors (Lipinski definition) is 5. The van der Waals surface area contributed by atoms with Crippen LogP contribution in [-0.4, -0.2) is 31.3 Å². The Balaban J connectivity index is 1.52. The summed E-state index contributed by atoms with van der Waals surface area (Å²) in [6.07, 6.45) is 0. The number of benzene rings is 2. The van der Waals surface area contributed by atoms with Crippen molar-refractivity contribution >= 4 is 18.6 Å². The summed E-state index contributed by atoms with van der Waals surface area (Å²) in [6.45, 7) is 9.53. The molecule has 0 aromatic heterocycles. The molecule has 1 aliphatic heterocycles. The summed E-state index contributed by atoms with van der Waals surface area (Å²) < 4.78 is 17.1. The molecular formula is C23H30BNO4. The van der Waals surface area contributed by atoms with Crippen molar-refractivity contribution in [3.05, 3.63) is 65.7 Å². The first-order valence-corrected chi connectivity index (χ1v) is 10.2. The van der Waals surface area contributed by atoms with E-state index in [1.807, 2.05) is 82.3 Å². The van der Waals surface area contributed by atoms with Crippen LogP contribution in [0.15, 0.2) is 54.6 Å². The number of carbonyl (C=O) groups excluding carboxylic acids is 1. The van der Waals surface area contributed by atoms with E-state index in [-0.39, 0.29) is 37.3 Å². The van der Waals surface area contributed by atoms with Crippen molar-refractivity contribution in [2.24, 2.45) is 5.92 Å². The van der Waals surface area contributed by atoms with Crippen LogP contribution in [-0.2, 0) is 32.0 Å². The SMILES string of the molecule is CC(C)C(NCc1ccc(B2OCC(C)(C)O2)cc1)C(=O)OCc1ccccc1. The van der Waals surface area contributed by atoms with E-state index < -0.39 is 0 Å². The molecule has 0 radical (unpaired) electrons. The molecule has 2 aromatic rings. The van der Waals surface area contributed by atoms with Crippen LogP contribution < -0.4 is 10.8 Å². The van der Waals surface area contributed by atoms with Crippen LogP contribution in [0.4, 0.5) is 0 Å². The maximum Gasteiger partial charge on any atom is 0.494 e. The van der Waals surface area contributed by atoms with E-state index in [4.69, 9.17) is 14.0 Å². The van der Waals surface area contributed by atoms with Gasteiger partial charge in [0.05, 0.1) is 12.2 Å². The topological polar surface area (TPSA) is 56.8 Å². The van der Waals surface area contributed by atoms with Crippen LogP contribution in [0.25, 0.3) is 0 Å². The third-order valence-corrected chi connectivity index (χ3v) is 4.93. The quantitative estimate of drug-likeness (QED) is 0.550. The van der Waals surface area contributed by atoms with Crippen molar-refractivity contribution < 1.29 is 18.8 Å². The fourth-order valence-electron chi connectivity index (χ4n) is 3.23. The van der Waals surface area contributed by atoms with Gasteiger partial charge in [0.25, 0.3) is 0 Å². The molecule has 0 amide bonds. The fraction of sp³-hybridized carbons (Fsp3) is 0.435. The van der Waals surface area contributed by atoms with Crippen molar-refractivity contribution in [3.8, 4) is 0 Å². The van der Waals surface area contributed by atoms with Crippen LogP contribution in [0, 0.1) is 5.92 Å². The minimum absolute atomic E-state index is 0.125. The summed E-state index contributed by atoms with van der Waals surface area (Å²) >= 11 is 0. The van der Waals surface area contributed by atoms with Gasteiger partial charge in [-0.15, -0.1) is 0 Å². The molecular weight excluding hydrogens is 365 g/mol. The zero-order valence-corrected chi connectivity index (χ0v) is 17.7. The summed E-state index contributed by atoms with van der Waals surface area (Å²) in [7, 11) is -0.316. The lowest BCUT2D eigenvalue weighted by molar-refractivity contribution is -0.148. The minimum atomic E-state index is -0.360. The maximum absolute atomic E-state index is 12.6. The van der Waals surface area contributed by atoms with E-state index in [0.29, 0.717) is 13.2 Å². The zero-order chi connectivity index (χ0) is 20.9. The predicted octanol–water partition coefficient (Wildman–Crippen LogP) is 3.06. The third kappa shape index (κ3) is 6.16. The van der Waals surface area contributed by atoms with Crippen LogP contribution in [0.5, 0.6) is 0 Å². The molecule has 1 saturated heterocycles. The molecule has 29 heavy (non-hydrogen) atoms. The summed E-state index contributed by atoms with van der Waals surface area (Å²) in [5.41, 5.74) is 2.82. The normalized spacial score (nSPS) is 16.8. The molecule has 3 rings (SSSR count). The van der Waals surface area contributed by atoms with Crippen molar-refractivity contribution in [3.63, 3.8) is 0 Å². The number of esters is 1. The predicted molar refractivity (Wildman–Crippen MR) is 115 cm³/mol. The van der Waals surface area contributed by atoms with Crippen LogP contribution in [0.2, 0.25) is 0 Å². The smallest absolute Gasteiger partial charge is 0.460 e. The highest BCUT2D eigenvalue weighted by atomic mass is 16.7. The molecule has 6 heteroatoms. The molecule has 1 fully saturated rings. The number of ether oxygens (including phenoxy) is 1. The second kappa shape index (κ2) is 9.57. The molecule has 1 aliphatic rings. The van der Waals surface area contributed by atoms with E-state index in [1.54, 1.807) is 0 Å². The molecule has 1 N–H and O–H groups in total. The van der Waals surface area contributed by atoms with Gasteiger partial charge < -0.3 is 19.4 Å². The Morgan fingerprint density at radius 1 is 1.10 bits per heavy atom. The largest absolute Gasteiger partial charge is 0.494 e. The van der Waals surface area contributed by atoms with Gasteiger partial charge in [0.2, 0.25) is 0 Å². The number of hydrogen-bond donors (Lipinski definition) is 1. The van der Waals surface area contributed by atoms with E-state index in [1.165, 1.54) is 0 Å². The van der Waals surface area contributed by atoms with Gasteiger partial charge in [0.1, 0.15) is 12.6 Å². The number of carbonyl (C=O) groups is 1. The lowest BCUT2D eigenvalue weighted by atomic mass is 9.79. The Labute approximate surface area is 173 Å². The zero-order valence-electron chi connectivity index (χ0n) is 17.7. The summed E-state index contributed by atoms with van der Waals surface area (Å²) in [6, 6.07) is 17.5. The van der Waals surface area contributed by atoms with Crippen LogP contribution >= 0.6 is 0 Å². The van der Waals surface area contributed by atoms with Gasteiger partial charge in [0, 0.05) is 6.54 Å². The highest BCUT2D eigenvalue weighted by Crippen LogP contribution is 2.19. The van der Waals surface area contributed by atoms with Crippen molar-refractivity contribution in [2.45, 2.75) is 52.5 Å². The Morgan fingerprint density at radius 2 is 1.79 bits per heavy atom. The fourth-order valence-corrected chi connectivity index (χ4v) is 3.23. The van der Waals surface area contributed by atoms with Gasteiger partial charge in [0.15, 0.2) is 0 Å². The average Bonchev–Trinajstić information content (AvgIpc) is 3.07. The standard InChI is InChI=1S/C23H30BNO4/c1-17(2)21(22(26)27-15-19-8-6-5-7-9-19)25-14-18-10-12-20(13-11-18)24-28-16-23(3,4)29-24/h5-13,17,21,25H,14-16H2,1-4H3. The second-order valence-electron chi connectivity index (χ2n) is 8.46. The maximum atomic E-state index is 12.6. The van der Waals surface area contributed by atoms with Crippen molar-refractivity contribution in [1.82, 2.24) is 5.32 Å². The lowest BCUT2D eigenvalue weighted by Gasteiger charge is -2.21. The van der Waals surface area contributed by atoms with E-state index >= 15 is 0 Å². The Bertz CT molecular complexity index is 792. The average molecular weight is 395 g/mol. The van der Waals surface area contributed by atoms with E-state index in [0.717, 1.165) is 16.6 Å². The molecule has 0 aliphatic carbocycles. The Morgan fingerprint density at radius 3 is 2.38 bits per heavy atom. The molecule has 1 heterocycles. The van der Waals surface area contributed by atoms with Gasteiger partial charge in [-0.1, -0.05) is 68.4 Å². The van der Waals surface area contributed by atoms with Gasteiger partial charge >= 0.3 is 13.1 Å². The van der Waals surface area contributed by atoms with E-state index in [9.17, 15) is 4.79 Å². The van der Waals surface area contributed by atoms with Gasteiger partial charge in [-0.3, -0.25) is 4.79 Å². The number of nitrogens with one attached hydrogen (secondary N) is 1. The van der Waals surface area contributed by atoms with Gasteiger partial charge in [-0.05, 0) is 36.4 Å². The van der Waals surface area contributed by atoms with Crippen molar-refractivity contribution in [2.75, 3.05) is 6.61 Å². The lowest BCUT2D eigenvalue weighted by Crippen LogP contribution is -2.41. The monoisotopic (exact) mass is 395 g/mol. The van der Waals surface area contributed by atoms with E-state index in [2.05, 4.69) is 5.32 Å². The minimum Gasteiger partial charge on any atom is -0.460 e. The third-order valence-electron chi connectivity index (χ3n) is 4.93. The summed E-state index contributed by atoms with van der Waals surface area (Å²) in [5.74, 6) is -0.101. The summed E-state index contributed by atoms with van der Waals surface area (Å²) in [4.78, 5) is 12.6. The van der Waals surface area contributed by atoms with Crippen LogP contribution in [0.1, 0.15) is 38.8 Å². The first-order chi connectivity index (χ1) is 13.8. The van der Waals surface area contributed by atoms with Gasteiger partial charge in [-0.2, -0.15) is 0 Å². The molecule has 0 bridgehead atoms. The molecule has 0 saturated carbocycles. The molecule has 154 valence electrons. The highest BCUT2D eigenvalue weighted by Gasteiger charge is 2.37. The summed E-state index contributed by atoms with van der Waals surface area (Å²) in [5, 5.41) is 3.34. The molecule has 2 aromatic carbocycles. The molecule has 5 nitrogen and oxygen atoms in total. The van der Waals surface area contributed by atoms with Gasteiger partial charge in [-0.25, -0.2) is 0 Å². The molecule has 1 atom stereocenters. The number of rotatable bonds is 8. The highest BCUT2D eigenvalue weighted by molar-refractivity contribution is 6.61. The van der Waals surface area contributed by atoms with Crippen molar-refractivity contribution in [1.29, 1.82) is 0 Å². The first kappa shape index (κ1) is 21.6. The molecule has 0 spiro atoms. The first-order valence-electron chi connectivity index (χ1n) is 10.2. The molecule has 1 unspecified atom stereocenters. The second-order valence-corrected chi connectivity index (χ2v) is 8.46.